The average Bonchev–Trinajstić information content (AvgIpc) is 3.22. The van der Waals surface area contributed by atoms with Gasteiger partial charge in [0.1, 0.15) is 12.4 Å². The number of hydrogen-bond donors (Lipinski definition) is 1. The SMILES string of the molecule is COc1cccc(CNCc2ccc3c(c2)OCO3)c1OCc1c(F)cccc1Cl. The fourth-order valence-electron chi connectivity index (χ4n) is 3.23. The van der Waals surface area contributed by atoms with E-state index in [0.717, 1.165) is 22.6 Å². The van der Waals surface area contributed by atoms with Crippen molar-refractivity contribution in [1.82, 2.24) is 5.32 Å². The van der Waals surface area contributed by atoms with Gasteiger partial charge in [-0.15, -0.1) is 0 Å². The Morgan fingerprint density at radius 3 is 2.70 bits per heavy atom. The molecule has 0 radical (unpaired) electrons. The summed E-state index contributed by atoms with van der Waals surface area (Å²) in [6.45, 7) is 1.42. The van der Waals surface area contributed by atoms with E-state index in [1.807, 2.05) is 30.3 Å². The van der Waals surface area contributed by atoms with Gasteiger partial charge in [0, 0.05) is 24.2 Å². The van der Waals surface area contributed by atoms with Gasteiger partial charge in [-0.3, -0.25) is 0 Å². The standard InChI is InChI=1S/C23H21ClFNO4/c1-27-21-7-2-4-16(23(21)28-13-17-18(24)5-3-6-19(17)25)12-26-11-15-8-9-20-22(10-15)30-14-29-20/h2-10,26H,11-14H2,1H3. The smallest absolute Gasteiger partial charge is 0.231 e. The molecular formula is C23H21ClFNO4. The zero-order valence-corrected chi connectivity index (χ0v) is 17.2. The lowest BCUT2D eigenvalue weighted by Gasteiger charge is -2.16. The minimum Gasteiger partial charge on any atom is -0.493 e. The molecule has 0 amide bonds. The normalized spacial score (nSPS) is 12.1. The molecule has 0 aromatic heterocycles. The van der Waals surface area contributed by atoms with Crippen LogP contribution in [0.5, 0.6) is 23.0 Å². The summed E-state index contributed by atoms with van der Waals surface area (Å²) in [5.41, 5.74) is 2.27. The van der Waals surface area contributed by atoms with Crippen LogP contribution in [-0.2, 0) is 19.7 Å². The number of rotatable bonds is 8. The molecule has 0 unspecified atom stereocenters. The molecule has 0 saturated carbocycles. The van der Waals surface area contributed by atoms with Gasteiger partial charge in [-0.05, 0) is 35.9 Å². The summed E-state index contributed by atoms with van der Waals surface area (Å²) in [5.74, 6) is 2.23. The van der Waals surface area contributed by atoms with Crippen molar-refractivity contribution < 1.29 is 23.3 Å². The van der Waals surface area contributed by atoms with Crippen LogP contribution < -0.4 is 24.3 Å². The molecular weight excluding hydrogens is 409 g/mol. The monoisotopic (exact) mass is 429 g/mol. The number of nitrogens with one attached hydrogen (secondary N) is 1. The van der Waals surface area contributed by atoms with E-state index in [4.69, 9.17) is 30.5 Å². The van der Waals surface area contributed by atoms with E-state index < -0.39 is 5.82 Å². The van der Waals surface area contributed by atoms with Crippen molar-refractivity contribution in [2.45, 2.75) is 19.7 Å². The van der Waals surface area contributed by atoms with Crippen molar-refractivity contribution in [2.24, 2.45) is 0 Å². The van der Waals surface area contributed by atoms with Crippen LogP contribution in [0, 0.1) is 5.82 Å². The van der Waals surface area contributed by atoms with E-state index >= 15 is 0 Å². The lowest BCUT2D eigenvalue weighted by molar-refractivity contribution is 0.174. The van der Waals surface area contributed by atoms with Gasteiger partial charge in [-0.1, -0.05) is 35.9 Å². The molecule has 0 saturated heterocycles. The van der Waals surface area contributed by atoms with Crippen LogP contribution in [0.1, 0.15) is 16.7 Å². The predicted molar refractivity (Wildman–Crippen MR) is 112 cm³/mol. The number of hydrogen-bond acceptors (Lipinski definition) is 5. The quantitative estimate of drug-likeness (QED) is 0.540. The zero-order chi connectivity index (χ0) is 20.9. The van der Waals surface area contributed by atoms with Crippen molar-refractivity contribution in [1.29, 1.82) is 0 Å². The van der Waals surface area contributed by atoms with E-state index in [2.05, 4.69) is 5.32 Å². The topological polar surface area (TPSA) is 49.0 Å². The number of benzene rings is 3. The molecule has 0 fully saturated rings. The number of fused-ring (bicyclic) bond motifs is 1. The van der Waals surface area contributed by atoms with Gasteiger partial charge in [-0.2, -0.15) is 0 Å². The second kappa shape index (κ2) is 9.24. The molecule has 1 N–H and O–H groups in total. The summed E-state index contributed by atoms with van der Waals surface area (Å²) < 4.78 is 36.2. The molecule has 3 aromatic rings. The summed E-state index contributed by atoms with van der Waals surface area (Å²) in [6.07, 6.45) is 0. The second-order valence-corrected chi connectivity index (χ2v) is 7.14. The van der Waals surface area contributed by atoms with E-state index in [9.17, 15) is 4.39 Å². The predicted octanol–water partition coefficient (Wildman–Crippen LogP) is 5.09. The first-order valence-corrected chi connectivity index (χ1v) is 9.84. The lowest BCUT2D eigenvalue weighted by atomic mass is 10.1. The van der Waals surface area contributed by atoms with Crippen LogP contribution in [0.3, 0.4) is 0 Å². The molecule has 3 aromatic carbocycles. The van der Waals surface area contributed by atoms with Crippen molar-refractivity contribution in [3.05, 3.63) is 82.1 Å². The Morgan fingerprint density at radius 2 is 1.87 bits per heavy atom. The third kappa shape index (κ3) is 4.45. The van der Waals surface area contributed by atoms with Crippen molar-refractivity contribution in [3.63, 3.8) is 0 Å². The summed E-state index contributed by atoms with van der Waals surface area (Å²) >= 11 is 6.12. The molecule has 0 aliphatic carbocycles. The van der Waals surface area contributed by atoms with Crippen LogP contribution in [0.15, 0.2) is 54.6 Å². The highest BCUT2D eigenvalue weighted by Gasteiger charge is 2.15. The Labute approximate surface area is 179 Å². The largest absolute Gasteiger partial charge is 0.493 e. The number of methoxy groups -OCH3 is 1. The second-order valence-electron chi connectivity index (χ2n) is 6.73. The van der Waals surface area contributed by atoms with Gasteiger partial charge in [-0.25, -0.2) is 4.39 Å². The molecule has 0 bridgehead atoms. The van der Waals surface area contributed by atoms with E-state index in [1.54, 1.807) is 25.3 Å². The van der Waals surface area contributed by atoms with Crippen LogP contribution >= 0.6 is 11.6 Å². The summed E-state index contributed by atoms with van der Waals surface area (Å²) in [7, 11) is 1.57. The highest BCUT2D eigenvalue weighted by molar-refractivity contribution is 6.31. The minimum atomic E-state index is -0.403. The molecule has 7 heteroatoms. The molecule has 156 valence electrons. The first-order chi connectivity index (χ1) is 14.7. The van der Waals surface area contributed by atoms with Gasteiger partial charge in [0.05, 0.1) is 12.1 Å². The minimum absolute atomic E-state index is 0.00103. The van der Waals surface area contributed by atoms with Gasteiger partial charge >= 0.3 is 0 Å². The Hall–Kier alpha value is -2.96. The zero-order valence-electron chi connectivity index (χ0n) is 16.4. The summed E-state index contributed by atoms with van der Waals surface area (Å²) in [6, 6.07) is 16.0. The fourth-order valence-corrected chi connectivity index (χ4v) is 3.45. The maximum atomic E-state index is 14.1. The molecule has 1 aliphatic rings. The average molecular weight is 430 g/mol. The van der Waals surface area contributed by atoms with Gasteiger partial charge in [0.2, 0.25) is 6.79 Å². The molecule has 1 aliphatic heterocycles. The van der Waals surface area contributed by atoms with Gasteiger partial charge in [0.25, 0.3) is 0 Å². The maximum Gasteiger partial charge on any atom is 0.231 e. The first-order valence-electron chi connectivity index (χ1n) is 9.46. The van der Waals surface area contributed by atoms with E-state index in [-0.39, 0.29) is 13.4 Å². The first kappa shape index (κ1) is 20.3. The summed E-state index contributed by atoms with van der Waals surface area (Å²) in [5, 5.41) is 3.72. The van der Waals surface area contributed by atoms with Gasteiger partial charge < -0.3 is 24.3 Å². The number of halogens is 2. The Bertz CT molecular complexity index is 1020. The maximum absolute atomic E-state index is 14.1. The number of ether oxygens (including phenoxy) is 4. The molecule has 0 atom stereocenters. The third-order valence-corrected chi connectivity index (χ3v) is 5.14. The van der Waals surface area contributed by atoms with E-state index in [0.29, 0.717) is 35.2 Å². The van der Waals surface area contributed by atoms with Crippen molar-refractivity contribution in [3.8, 4) is 23.0 Å². The molecule has 4 rings (SSSR count). The number of para-hydroxylation sites is 1. The Balaban J connectivity index is 1.45. The lowest BCUT2D eigenvalue weighted by Crippen LogP contribution is -2.14. The molecule has 30 heavy (non-hydrogen) atoms. The molecule has 1 heterocycles. The summed E-state index contributed by atoms with van der Waals surface area (Å²) in [4.78, 5) is 0. The Kier molecular flexibility index (Phi) is 6.26. The van der Waals surface area contributed by atoms with Crippen molar-refractivity contribution >= 4 is 11.6 Å². The highest BCUT2D eigenvalue weighted by Crippen LogP contribution is 2.34. The highest BCUT2D eigenvalue weighted by atomic mass is 35.5. The molecule has 0 spiro atoms. The van der Waals surface area contributed by atoms with Crippen LogP contribution in [0.4, 0.5) is 4.39 Å². The molecule has 5 nitrogen and oxygen atoms in total. The van der Waals surface area contributed by atoms with Crippen LogP contribution in [0.2, 0.25) is 5.02 Å². The van der Waals surface area contributed by atoms with Crippen LogP contribution in [0.25, 0.3) is 0 Å². The van der Waals surface area contributed by atoms with Crippen molar-refractivity contribution in [2.75, 3.05) is 13.9 Å². The van der Waals surface area contributed by atoms with Crippen LogP contribution in [-0.4, -0.2) is 13.9 Å². The van der Waals surface area contributed by atoms with E-state index in [1.165, 1.54) is 6.07 Å². The third-order valence-electron chi connectivity index (χ3n) is 4.78. The van der Waals surface area contributed by atoms with Gasteiger partial charge in [0.15, 0.2) is 23.0 Å². The fraction of sp³-hybridized carbons (Fsp3) is 0.217. The Morgan fingerprint density at radius 1 is 1.03 bits per heavy atom.